The van der Waals surface area contributed by atoms with Gasteiger partial charge in [-0.1, -0.05) is 41.7 Å². The van der Waals surface area contributed by atoms with E-state index in [9.17, 15) is 9.59 Å². The van der Waals surface area contributed by atoms with Gasteiger partial charge in [0.1, 0.15) is 5.75 Å². The maximum atomic E-state index is 11.5. The molecule has 3 rings (SSSR count). The third kappa shape index (κ3) is 2.80. The number of benzene rings is 2. The predicted octanol–water partition coefficient (Wildman–Crippen LogP) is 2.98. The lowest BCUT2D eigenvalue weighted by Gasteiger charge is -2.07. The third-order valence-corrected chi connectivity index (χ3v) is 3.63. The van der Waals surface area contributed by atoms with Crippen molar-refractivity contribution < 1.29 is 19.1 Å². The normalized spacial score (nSPS) is 10.7. The Labute approximate surface area is 123 Å². The molecule has 1 heterocycles. The van der Waals surface area contributed by atoms with Gasteiger partial charge >= 0.3 is 10.9 Å². The number of carbonyl (C=O) groups is 1. The summed E-state index contributed by atoms with van der Waals surface area (Å²) in [6.45, 7) is -0.438. The molecule has 1 aromatic heterocycles. The molecule has 3 aromatic rings. The van der Waals surface area contributed by atoms with Crippen LogP contribution in [-0.4, -0.2) is 17.7 Å². The molecule has 0 atom stereocenters. The third-order valence-electron chi connectivity index (χ3n) is 2.85. The summed E-state index contributed by atoms with van der Waals surface area (Å²) in [6.07, 6.45) is 0. The van der Waals surface area contributed by atoms with Crippen molar-refractivity contribution in [2.45, 2.75) is 0 Å². The van der Waals surface area contributed by atoms with E-state index in [4.69, 9.17) is 14.3 Å². The molecular weight excluding hydrogens is 292 g/mol. The second-order valence-corrected chi connectivity index (χ2v) is 5.28. The average molecular weight is 302 g/mol. The van der Waals surface area contributed by atoms with Crippen LogP contribution in [0.1, 0.15) is 0 Å². The van der Waals surface area contributed by atoms with Gasteiger partial charge in [-0.3, -0.25) is 0 Å². The first kappa shape index (κ1) is 13.4. The summed E-state index contributed by atoms with van der Waals surface area (Å²) in [5.41, 5.74) is 2.05. The quantitative estimate of drug-likeness (QED) is 0.801. The number of hydrogen-bond donors (Lipinski definition) is 1. The Morgan fingerprint density at radius 3 is 2.71 bits per heavy atom. The lowest BCUT2D eigenvalue weighted by atomic mass is 10.0. The lowest BCUT2D eigenvalue weighted by Crippen LogP contribution is -2.09. The van der Waals surface area contributed by atoms with Gasteiger partial charge in [0.05, 0.1) is 4.70 Å². The summed E-state index contributed by atoms with van der Waals surface area (Å²) >= 11 is 0.960. The van der Waals surface area contributed by atoms with Crippen LogP contribution in [0.5, 0.6) is 5.75 Å². The zero-order chi connectivity index (χ0) is 14.8. The number of aliphatic carboxylic acids is 1. The molecule has 6 heteroatoms. The highest BCUT2D eigenvalue weighted by molar-refractivity contribution is 7.16. The van der Waals surface area contributed by atoms with Crippen molar-refractivity contribution in [3.8, 4) is 16.9 Å². The largest absolute Gasteiger partial charge is 0.482 e. The highest BCUT2D eigenvalue weighted by Gasteiger charge is 2.13. The first-order valence-electron chi connectivity index (χ1n) is 6.11. The Bertz CT molecular complexity index is 847. The molecule has 0 bridgehead atoms. The molecule has 21 heavy (non-hydrogen) atoms. The Morgan fingerprint density at radius 2 is 2.00 bits per heavy atom. The molecule has 0 aliphatic heterocycles. The van der Waals surface area contributed by atoms with Gasteiger partial charge in [0.15, 0.2) is 12.2 Å². The van der Waals surface area contributed by atoms with E-state index in [0.717, 1.165) is 16.9 Å². The van der Waals surface area contributed by atoms with Gasteiger partial charge in [-0.15, -0.1) is 0 Å². The number of rotatable bonds is 4. The zero-order valence-corrected chi connectivity index (χ0v) is 11.6. The van der Waals surface area contributed by atoms with Crippen molar-refractivity contribution in [3.63, 3.8) is 0 Å². The second-order valence-electron chi connectivity index (χ2n) is 4.30. The van der Waals surface area contributed by atoms with Gasteiger partial charge in [0, 0.05) is 11.6 Å². The maximum Gasteiger partial charge on any atom is 0.396 e. The highest BCUT2D eigenvalue weighted by atomic mass is 32.1. The smallest absolute Gasteiger partial charge is 0.396 e. The number of fused-ring (bicyclic) bond motifs is 1. The van der Waals surface area contributed by atoms with Gasteiger partial charge in [-0.25, -0.2) is 9.59 Å². The average Bonchev–Trinajstić information content (AvgIpc) is 2.85. The van der Waals surface area contributed by atoms with Crippen molar-refractivity contribution in [2.24, 2.45) is 0 Å². The molecular formula is C15H10O5S. The van der Waals surface area contributed by atoms with Crippen molar-refractivity contribution in [1.82, 2.24) is 0 Å². The van der Waals surface area contributed by atoms with Gasteiger partial charge in [0.2, 0.25) is 0 Å². The van der Waals surface area contributed by atoms with E-state index in [2.05, 4.69) is 0 Å². The number of ether oxygens (including phenoxy) is 1. The standard InChI is InChI=1S/C15H10O5S/c16-13(17)8-19-10-6-11(9-4-2-1-3-5-9)14-12(7-10)21-15(18)20-14/h1-7H,8H2,(H,16,17). The summed E-state index contributed by atoms with van der Waals surface area (Å²) in [6, 6.07) is 12.7. The fourth-order valence-electron chi connectivity index (χ4n) is 2.01. The van der Waals surface area contributed by atoms with Crippen LogP contribution in [0.3, 0.4) is 0 Å². The highest BCUT2D eigenvalue weighted by Crippen LogP contribution is 2.34. The van der Waals surface area contributed by atoms with E-state index >= 15 is 0 Å². The van der Waals surface area contributed by atoms with E-state index in [1.807, 2.05) is 30.3 Å². The fourth-order valence-corrected chi connectivity index (χ4v) is 2.74. The van der Waals surface area contributed by atoms with Crippen LogP contribution < -0.4 is 9.68 Å². The molecule has 0 saturated heterocycles. The first-order valence-corrected chi connectivity index (χ1v) is 6.93. The summed E-state index contributed by atoms with van der Waals surface area (Å²) in [5.74, 6) is -0.669. The topological polar surface area (TPSA) is 76.7 Å². The van der Waals surface area contributed by atoms with Gasteiger partial charge in [0.25, 0.3) is 0 Å². The van der Waals surface area contributed by atoms with Crippen LogP contribution in [0, 0.1) is 0 Å². The molecule has 0 spiro atoms. The van der Waals surface area contributed by atoms with Crippen molar-refractivity contribution in [1.29, 1.82) is 0 Å². The monoisotopic (exact) mass is 302 g/mol. The molecule has 0 fully saturated rings. The lowest BCUT2D eigenvalue weighted by molar-refractivity contribution is -0.139. The minimum absolute atomic E-state index is 0.390. The van der Waals surface area contributed by atoms with Crippen molar-refractivity contribution in [2.75, 3.05) is 6.61 Å². The van der Waals surface area contributed by atoms with Crippen LogP contribution in [0.2, 0.25) is 0 Å². The summed E-state index contributed by atoms with van der Waals surface area (Å²) in [7, 11) is 0. The zero-order valence-electron chi connectivity index (χ0n) is 10.7. The number of carboxylic acid groups (broad SMARTS) is 1. The van der Waals surface area contributed by atoms with Crippen LogP contribution >= 0.6 is 11.3 Å². The maximum absolute atomic E-state index is 11.5. The summed E-state index contributed by atoms with van der Waals surface area (Å²) in [4.78, 5) is 21.7. The van der Waals surface area contributed by atoms with Gasteiger partial charge in [-0.2, -0.15) is 0 Å². The molecule has 1 N–H and O–H groups in total. The summed E-state index contributed by atoms with van der Waals surface area (Å²) < 4.78 is 11.1. The molecule has 0 aliphatic rings. The van der Waals surface area contributed by atoms with E-state index in [1.165, 1.54) is 0 Å². The minimum Gasteiger partial charge on any atom is -0.482 e. The van der Waals surface area contributed by atoms with Crippen LogP contribution in [-0.2, 0) is 4.79 Å². The van der Waals surface area contributed by atoms with Crippen molar-refractivity contribution >= 4 is 27.6 Å². The minimum atomic E-state index is -1.06. The molecule has 0 unspecified atom stereocenters. The van der Waals surface area contributed by atoms with E-state index in [-0.39, 0.29) is 0 Å². The fraction of sp³-hybridized carbons (Fsp3) is 0.0667. The summed E-state index contributed by atoms with van der Waals surface area (Å²) in [5, 5.41) is 8.69. The molecule has 0 aliphatic carbocycles. The number of hydrogen-bond acceptors (Lipinski definition) is 5. The molecule has 0 amide bonds. The second kappa shape index (κ2) is 5.41. The van der Waals surface area contributed by atoms with Crippen molar-refractivity contribution in [3.05, 3.63) is 52.2 Å². The predicted molar refractivity (Wildman–Crippen MR) is 78.9 cm³/mol. The van der Waals surface area contributed by atoms with Gasteiger partial charge < -0.3 is 14.3 Å². The van der Waals surface area contributed by atoms with E-state index < -0.39 is 17.5 Å². The van der Waals surface area contributed by atoms with Crippen LogP contribution in [0.4, 0.5) is 0 Å². The molecule has 0 saturated carbocycles. The Balaban J connectivity index is 2.16. The Kier molecular flexibility index (Phi) is 3.45. The molecule has 0 radical (unpaired) electrons. The Hall–Kier alpha value is -2.60. The van der Waals surface area contributed by atoms with E-state index in [0.29, 0.717) is 21.6 Å². The SMILES string of the molecule is O=C(O)COc1cc(-c2ccccc2)c2oc(=O)sc2c1. The molecule has 5 nitrogen and oxygen atoms in total. The van der Waals surface area contributed by atoms with Gasteiger partial charge in [-0.05, 0) is 11.6 Å². The molecule has 2 aromatic carbocycles. The van der Waals surface area contributed by atoms with E-state index in [1.54, 1.807) is 12.1 Å². The van der Waals surface area contributed by atoms with Crippen LogP contribution in [0.25, 0.3) is 21.4 Å². The van der Waals surface area contributed by atoms with Crippen LogP contribution in [0.15, 0.2) is 51.7 Å². The molecule has 106 valence electrons. The first-order chi connectivity index (χ1) is 10.1. The Morgan fingerprint density at radius 1 is 1.24 bits per heavy atom. The number of carboxylic acids is 1.